The molecule has 0 unspecified atom stereocenters. The molecule has 1 aliphatic heterocycles. The lowest BCUT2D eigenvalue weighted by molar-refractivity contribution is 0.195. The molecule has 0 spiro atoms. The molecular formula is C20H22FN3S. The fourth-order valence-corrected chi connectivity index (χ4v) is 4.57. The molecule has 1 fully saturated rings. The Hall–Kier alpha value is -1.98. The summed E-state index contributed by atoms with van der Waals surface area (Å²) < 4.78 is 13.2. The van der Waals surface area contributed by atoms with Gasteiger partial charge in [-0.15, -0.1) is 11.3 Å². The van der Waals surface area contributed by atoms with Crippen molar-refractivity contribution in [3.8, 4) is 11.3 Å². The van der Waals surface area contributed by atoms with Crippen LogP contribution in [0, 0.1) is 5.82 Å². The van der Waals surface area contributed by atoms with Gasteiger partial charge in [0.25, 0.3) is 0 Å². The van der Waals surface area contributed by atoms with Crippen LogP contribution in [-0.4, -0.2) is 21.6 Å². The Morgan fingerprint density at radius 3 is 2.84 bits per heavy atom. The third-order valence-corrected chi connectivity index (χ3v) is 5.93. The van der Waals surface area contributed by atoms with Crippen LogP contribution < -0.4 is 0 Å². The zero-order valence-electron chi connectivity index (χ0n) is 14.1. The number of nitrogens with zero attached hydrogens (tertiary/aromatic N) is 2. The number of likely N-dealkylation sites (tertiary alicyclic amines) is 1. The number of aromatic amines is 1. The number of H-pyrrole nitrogens is 1. The van der Waals surface area contributed by atoms with Crippen LogP contribution in [0.25, 0.3) is 11.3 Å². The van der Waals surface area contributed by atoms with Gasteiger partial charge in [-0.2, -0.15) is 5.10 Å². The number of hydrogen-bond donors (Lipinski definition) is 1. The van der Waals surface area contributed by atoms with E-state index in [-0.39, 0.29) is 5.82 Å². The summed E-state index contributed by atoms with van der Waals surface area (Å²) in [5.74, 6) is -0.213. The monoisotopic (exact) mass is 355 g/mol. The molecule has 130 valence electrons. The lowest BCUT2D eigenvalue weighted by Gasteiger charge is -2.29. The lowest BCUT2D eigenvalue weighted by atomic mass is 10.1. The van der Waals surface area contributed by atoms with Gasteiger partial charge in [-0.1, -0.05) is 18.9 Å². The topological polar surface area (TPSA) is 31.9 Å². The molecule has 3 heterocycles. The average molecular weight is 355 g/mol. The molecule has 2 aromatic heterocycles. The third-order valence-electron chi connectivity index (χ3n) is 4.96. The molecule has 4 rings (SSSR count). The highest BCUT2D eigenvalue weighted by Crippen LogP contribution is 2.35. The smallest absolute Gasteiger partial charge is 0.123 e. The first-order chi connectivity index (χ1) is 12.3. The molecular weight excluding hydrogens is 333 g/mol. The summed E-state index contributed by atoms with van der Waals surface area (Å²) in [7, 11) is 0. The number of aromatic nitrogens is 2. The molecule has 0 aliphatic carbocycles. The van der Waals surface area contributed by atoms with E-state index in [9.17, 15) is 4.39 Å². The molecule has 1 saturated heterocycles. The van der Waals surface area contributed by atoms with Gasteiger partial charge >= 0.3 is 0 Å². The maximum absolute atomic E-state index is 13.2. The van der Waals surface area contributed by atoms with Gasteiger partial charge in [-0.3, -0.25) is 10.00 Å². The van der Waals surface area contributed by atoms with Crippen molar-refractivity contribution >= 4 is 11.3 Å². The van der Waals surface area contributed by atoms with Crippen molar-refractivity contribution in [1.29, 1.82) is 0 Å². The van der Waals surface area contributed by atoms with Gasteiger partial charge in [0.2, 0.25) is 0 Å². The maximum atomic E-state index is 13.2. The fraction of sp³-hybridized carbons (Fsp3) is 0.350. The van der Waals surface area contributed by atoms with Gasteiger partial charge in [0.05, 0.1) is 11.9 Å². The second-order valence-electron chi connectivity index (χ2n) is 6.63. The molecule has 1 aliphatic rings. The van der Waals surface area contributed by atoms with E-state index in [0.29, 0.717) is 6.04 Å². The molecule has 5 heteroatoms. The predicted octanol–water partition coefficient (Wildman–Crippen LogP) is 5.39. The number of hydrogen-bond acceptors (Lipinski definition) is 3. The lowest BCUT2D eigenvalue weighted by Crippen LogP contribution is -2.27. The number of nitrogens with one attached hydrogen (secondary N) is 1. The first-order valence-corrected chi connectivity index (χ1v) is 9.75. The summed E-state index contributed by atoms with van der Waals surface area (Å²) in [6, 6.07) is 11.5. The Bertz CT molecular complexity index is 795. The number of benzene rings is 1. The molecule has 3 aromatic rings. The molecule has 1 N–H and O–H groups in total. The first kappa shape index (κ1) is 16.5. The summed E-state index contributed by atoms with van der Waals surface area (Å²) >= 11 is 1.85. The van der Waals surface area contributed by atoms with Gasteiger partial charge in [0, 0.05) is 28.6 Å². The SMILES string of the molecule is Fc1ccc(-c2[nH]ncc2CN2CCCCC[C@@H]2c2cccs2)cc1. The molecule has 25 heavy (non-hydrogen) atoms. The van der Waals surface area contributed by atoms with Gasteiger partial charge in [-0.25, -0.2) is 4.39 Å². The summed E-state index contributed by atoms with van der Waals surface area (Å²) in [6.07, 6.45) is 6.95. The van der Waals surface area contributed by atoms with Crippen LogP contribution in [0.5, 0.6) is 0 Å². The second kappa shape index (κ2) is 7.50. The highest BCUT2D eigenvalue weighted by atomic mass is 32.1. The minimum Gasteiger partial charge on any atom is -0.291 e. The summed E-state index contributed by atoms with van der Waals surface area (Å²) in [4.78, 5) is 4.03. The Morgan fingerprint density at radius 1 is 1.16 bits per heavy atom. The molecule has 0 amide bonds. The van der Waals surface area contributed by atoms with E-state index < -0.39 is 0 Å². The standard InChI is InChI=1S/C20H22FN3S/c21-17-9-7-15(8-10-17)20-16(13-22-23-20)14-24-11-3-1-2-5-18(24)19-6-4-12-25-19/h4,6-10,12-13,18H,1-3,5,11,14H2,(H,22,23)/t18-/m1/s1. The molecule has 0 radical (unpaired) electrons. The van der Waals surface area contributed by atoms with Crippen molar-refractivity contribution in [3.63, 3.8) is 0 Å². The van der Waals surface area contributed by atoms with Crippen LogP contribution >= 0.6 is 11.3 Å². The van der Waals surface area contributed by atoms with Crippen molar-refractivity contribution in [3.05, 3.63) is 64.2 Å². The zero-order valence-corrected chi connectivity index (χ0v) is 14.9. The molecule has 0 saturated carbocycles. The molecule has 0 bridgehead atoms. The van der Waals surface area contributed by atoms with Crippen molar-refractivity contribution < 1.29 is 4.39 Å². The van der Waals surface area contributed by atoms with Crippen LogP contribution in [0.2, 0.25) is 0 Å². The quantitative estimate of drug-likeness (QED) is 0.680. The van der Waals surface area contributed by atoms with E-state index in [1.54, 1.807) is 0 Å². The molecule has 3 nitrogen and oxygen atoms in total. The predicted molar refractivity (Wildman–Crippen MR) is 99.9 cm³/mol. The van der Waals surface area contributed by atoms with Crippen molar-refractivity contribution in [2.75, 3.05) is 6.54 Å². The van der Waals surface area contributed by atoms with Crippen LogP contribution in [0.15, 0.2) is 48.0 Å². The normalized spacial score (nSPS) is 19.0. The van der Waals surface area contributed by atoms with E-state index in [2.05, 4.69) is 32.6 Å². The van der Waals surface area contributed by atoms with Crippen LogP contribution in [-0.2, 0) is 6.54 Å². The summed E-state index contributed by atoms with van der Waals surface area (Å²) in [5, 5.41) is 9.52. The number of thiophene rings is 1. The van der Waals surface area contributed by atoms with E-state index in [1.165, 1.54) is 48.3 Å². The first-order valence-electron chi connectivity index (χ1n) is 8.87. The highest BCUT2D eigenvalue weighted by Gasteiger charge is 2.24. The van der Waals surface area contributed by atoms with Gasteiger partial charge < -0.3 is 0 Å². The fourth-order valence-electron chi connectivity index (χ4n) is 3.68. The Balaban J connectivity index is 1.60. The van der Waals surface area contributed by atoms with Gasteiger partial charge in [0.1, 0.15) is 5.82 Å². The third kappa shape index (κ3) is 3.67. The van der Waals surface area contributed by atoms with Crippen molar-refractivity contribution in [2.45, 2.75) is 38.3 Å². The average Bonchev–Trinajstić information content (AvgIpc) is 3.25. The maximum Gasteiger partial charge on any atom is 0.123 e. The zero-order chi connectivity index (χ0) is 17.1. The number of halogens is 1. The molecule has 1 atom stereocenters. The largest absolute Gasteiger partial charge is 0.291 e. The van der Waals surface area contributed by atoms with E-state index in [0.717, 1.165) is 24.3 Å². The van der Waals surface area contributed by atoms with Crippen LogP contribution in [0.1, 0.15) is 42.2 Å². The van der Waals surface area contributed by atoms with Crippen molar-refractivity contribution in [1.82, 2.24) is 15.1 Å². The minimum atomic E-state index is -0.213. The highest BCUT2D eigenvalue weighted by molar-refractivity contribution is 7.10. The van der Waals surface area contributed by atoms with Crippen LogP contribution in [0.4, 0.5) is 4.39 Å². The second-order valence-corrected chi connectivity index (χ2v) is 7.61. The van der Waals surface area contributed by atoms with E-state index >= 15 is 0 Å². The van der Waals surface area contributed by atoms with E-state index in [1.807, 2.05) is 29.7 Å². The summed E-state index contributed by atoms with van der Waals surface area (Å²) in [6.45, 7) is 1.97. The number of rotatable bonds is 4. The van der Waals surface area contributed by atoms with Crippen molar-refractivity contribution in [2.24, 2.45) is 0 Å². The Morgan fingerprint density at radius 2 is 2.04 bits per heavy atom. The Kier molecular flexibility index (Phi) is 4.95. The summed E-state index contributed by atoms with van der Waals surface area (Å²) in [5.41, 5.74) is 3.15. The van der Waals surface area contributed by atoms with E-state index in [4.69, 9.17) is 0 Å². The van der Waals surface area contributed by atoms with Gasteiger partial charge in [-0.05, 0) is 55.1 Å². The molecule has 1 aromatic carbocycles. The van der Waals surface area contributed by atoms with Gasteiger partial charge in [0.15, 0.2) is 0 Å². The Labute approximate surface area is 151 Å². The minimum absolute atomic E-state index is 0.213. The van der Waals surface area contributed by atoms with Crippen LogP contribution in [0.3, 0.4) is 0 Å².